The van der Waals surface area contributed by atoms with Crippen LogP contribution in [0.1, 0.15) is 20.3 Å². The van der Waals surface area contributed by atoms with Crippen LogP contribution in [0.3, 0.4) is 0 Å². The van der Waals surface area contributed by atoms with Crippen molar-refractivity contribution in [3.8, 4) is 0 Å². The first-order valence-electron chi connectivity index (χ1n) is 7.14. The smallest absolute Gasteiger partial charge is 0.148 e. The summed E-state index contributed by atoms with van der Waals surface area (Å²) in [5.74, 6) is 1.67. The summed E-state index contributed by atoms with van der Waals surface area (Å²) in [6.07, 6.45) is 2.62. The van der Waals surface area contributed by atoms with Crippen LogP contribution in [0, 0.1) is 0 Å². The van der Waals surface area contributed by atoms with Gasteiger partial charge in [-0.15, -0.1) is 0 Å². The molecule has 0 aliphatic rings. The van der Waals surface area contributed by atoms with Crippen molar-refractivity contribution in [1.29, 1.82) is 0 Å². The minimum atomic E-state index is 0.190. The lowest BCUT2D eigenvalue weighted by molar-refractivity contribution is 0.170. The lowest BCUT2D eigenvalue weighted by atomic mass is 10.3. The lowest BCUT2D eigenvalue weighted by Crippen LogP contribution is -2.39. The third-order valence-corrected chi connectivity index (χ3v) is 3.79. The fourth-order valence-corrected chi connectivity index (χ4v) is 2.56. The van der Waals surface area contributed by atoms with E-state index in [1.807, 2.05) is 0 Å². The van der Waals surface area contributed by atoms with E-state index in [0.717, 1.165) is 35.6 Å². The van der Waals surface area contributed by atoms with Crippen molar-refractivity contribution in [2.75, 3.05) is 50.7 Å². The minimum absolute atomic E-state index is 0.190. The fourth-order valence-electron chi connectivity index (χ4n) is 1.98. The largest absolute Gasteiger partial charge is 0.383 e. The van der Waals surface area contributed by atoms with E-state index in [1.54, 1.807) is 20.5 Å². The first-order valence-corrected chi connectivity index (χ1v) is 7.93. The van der Waals surface area contributed by atoms with Gasteiger partial charge in [0.25, 0.3) is 0 Å². The van der Waals surface area contributed by atoms with E-state index in [4.69, 9.17) is 9.47 Å². The van der Waals surface area contributed by atoms with Crippen LogP contribution in [0.15, 0.2) is 10.8 Å². The summed E-state index contributed by atoms with van der Waals surface area (Å²) >= 11 is 3.61. The standard InChI is InChI=1S/C14H25BrN4O2/c1-5-6-16-13-12(15)14(18-10-17-13)19(7-8-20-3)11(2)9-21-4/h10-11H,5-9H2,1-4H3,(H,16,17,18). The van der Waals surface area contributed by atoms with E-state index in [0.29, 0.717) is 13.2 Å². The van der Waals surface area contributed by atoms with E-state index < -0.39 is 0 Å². The third-order valence-electron chi connectivity index (χ3n) is 3.06. The monoisotopic (exact) mass is 360 g/mol. The van der Waals surface area contributed by atoms with Crippen molar-refractivity contribution in [2.24, 2.45) is 0 Å². The summed E-state index contributed by atoms with van der Waals surface area (Å²) in [4.78, 5) is 10.9. The molecule has 0 radical (unpaired) electrons. The molecule has 1 rings (SSSR count). The quantitative estimate of drug-likeness (QED) is 0.691. The zero-order valence-corrected chi connectivity index (χ0v) is 14.8. The van der Waals surface area contributed by atoms with Gasteiger partial charge in [0.2, 0.25) is 0 Å². The molecule has 1 heterocycles. The van der Waals surface area contributed by atoms with Gasteiger partial charge in [0, 0.05) is 27.3 Å². The Morgan fingerprint density at radius 2 is 2.10 bits per heavy atom. The van der Waals surface area contributed by atoms with Gasteiger partial charge < -0.3 is 19.7 Å². The summed E-state index contributed by atoms with van der Waals surface area (Å²) in [5.41, 5.74) is 0. The molecule has 0 fully saturated rings. The second-order valence-corrected chi connectivity index (χ2v) is 5.57. The molecule has 7 heteroatoms. The van der Waals surface area contributed by atoms with Gasteiger partial charge in [0.15, 0.2) is 0 Å². The molecule has 0 spiro atoms. The average molecular weight is 361 g/mol. The molecule has 1 N–H and O–H groups in total. The number of aromatic nitrogens is 2. The van der Waals surface area contributed by atoms with Crippen molar-refractivity contribution < 1.29 is 9.47 Å². The number of methoxy groups -OCH3 is 2. The van der Waals surface area contributed by atoms with Crippen molar-refractivity contribution in [1.82, 2.24) is 9.97 Å². The van der Waals surface area contributed by atoms with Gasteiger partial charge in [0.1, 0.15) is 22.4 Å². The summed E-state index contributed by atoms with van der Waals surface area (Å²) in [6, 6.07) is 0.190. The molecule has 1 unspecified atom stereocenters. The van der Waals surface area contributed by atoms with Crippen molar-refractivity contribution in [3.05, 3.63) is 10.8 Å². The Morgan fingerprint density at radius 3 is 2.71 bits per heavy atom. The number of nitrogens with one attached hydrogen (secondary N) is 1. The second-order valence-electron chi connectivity index (χ2n) is 4.78. The first kappa shape index (κ1) is 18.1. The van der Waals surface area contributed by atoms with E-state index >= 15 is 0 Å². The predicted octanol–water partition coefficient (Wildman–Crippen LogP) is 2.55. The number of nitrogens with zero attached hydrogens (tertiary/aromatic N) is 3. The van der Waals surface area contributed by atoms with Crippen molar-refractivity contribution >= 4 is 27.6 Å². The summed E-state index contributed by atoms with van der Waals surface area (Å²) in [6.45, 7) is 7.09. The average Bonchev–Trinajstić information content (AvgIpc) is 2.48. The van der Waals surface area contributed by atoms with Gasteiger partial charge in [-0.3, -0.25) is 0 Å². The maximum atomic E-state index is 5.26. The highest BCUT2D eigenvalue weighted by molar-refractivity contribution is 9.10. The molecule has 1 atom stereocenters. The highest BCUT2D eigenvalue weighted by atomic mass is 79.9. The number of rotatable bonds is 10. The van der Waals surface area contributed by atoms with Gasteiger partial charge in [-0.2, -0.15) is 0 Å². The zero-order chi connectivity index (χ0) is 15.7. The number of halogens is 1. The Labute approximate surface area is 135 Å². The molecule has 6 nitrogen and oxygen atoms in total. The van der Waals surface area contributed by atoms with E-state index in [1.165, 1.54) is 0 Å². The van der Waals surface area contributed by atoms with Crippen LogP contribution >= 0.6 is 15.9 Å². The van der Waals surface area contributed by atoms with Crippen LogP contribution in [-0.2, 0) is 9.47 Å². The second kappa shape index (κ2) is 9.92. The summed E-state index contributed by atoms with van der Waals surface area (Å²) in [5, 5.41) is 3.30. The van der Waals surface area contributed by atoms with Gasteiger partial charge in [-0.25, -0.2) is 9.97 Å². The molecule has 21 heavy (non-hydrogen) atoms. The molecule has 0 aromatic carbocycles. The van der Waals surface area contributed by atoms with Gasteiger partial charge >= 0.3 is 0 Å². The summed E-state index contributed by atoms with van der Waals surface area (Å²) < 4.78 is 11.3. The maximum absolute atomic E-state index is 5.26. The van der Waals surface area contributed by atoms with Crippen LogP contribution in [0.5, 0.6) is 0 Å². The SMILES string of the molecule is CCCNc1ncnc(N(CCOC)C(C)COC)c1Br. The van der Waals surface area contributed by atoms with E-state index in [-0.39, 0.29) is 6.04 Å². The molecule has 0 aliphatic carbocycles. The maximum Gasteiger partial charge on any atom is 0.148 e. The Balaban J connectivity index is 2.99. The fraction of sp³-hybridized carbons (Fsp3) is 0.714. The Kier molecular flexibility index (Phi) is 8.56. The third kappa shape index (κ3) is 5.41. The normalized spacial score (nSPS) is 12.2. The zero-order valence-electron chi connectivity index (χ0n) is 13.2. The van der Waals surface area contributed by atoms with Crippen LogP contribution in [0.2, 0.25) is 0 Å². The van der Waals surface area contributed by atoms with Gasteiger partial charge in [-0.1, -0.05) is 6.92 Å². The molecular weight excluding hydrogens is 336 g/mol. The molecular formula is C14H25BrN4O2. The first-order chi connectivity index (χ1) is 10.2. The Bertz CT molecular complexity index is 420. The number of hydrogen-bond donors (Lipinski definition) is 1. The van der Waals surface area contributed by atoms with Crippen LogP contribution in [-0.4, -0.2) is 56.5 Å². The molecule has 0 saturated carbocycles. The van der Waals surface area contributed by atoms with Gasteiger partial charge in [-0.05, 0) is 29.3 Å². The van der Waals surface area contributed by atoms with E-state index in [2.05, 4.69) is 50.0 Å². The topological polar surface area (TPSA) is 59.5 Å². The molecule has 0 saturated heterocycles. The molecule has 0 aliphatic heterocycles. The van der Waals surface area contributed by atoms with E-state index in [9.17, 15) is 0 Å². The van der Waals surface area contributed by atoms with Crippen LogP contribution in [0.4, 0.5) is 11.6 Å². The predicted molar refractivity (Wildman–Crippen MR) is 89.1 cm³/mol. The minimum Gasteiger partial charge on any atom is -0.383 e. The Hall–Kier alpha value is -0.920. The Morgan fingerprint density at radius 1 is 1.33 bits per heavy atom. The number of hydrogen-bond acceptors (Lipinski definition) is 6. The lowest BCUT2D eigenvalue weighted by Gasteiger charge is -2.30. The highest BCUT2D eigenvalue weighted by Crippen LogP contribution is 2.30. The van der Waals surface area contributed by atoms with Crippen LogP contribution in [0.25, 0.3) is 0 Å². The number of ether oxygens (including phenoxy) is 2. The highest BCUT2D eigenvalue weighted by Gasteiger charge is 2.20. The molecule has 1 aromatic rings. The molecule has 0 amide bonds. The number of anilines is 2. The van der Waals surface area contributed by atoms with Gasteiger partial charge in [0.05, 0.1) is 19.3 Å². The molecule has 1 aromatic heterocycles. The molecule has 120 valence electrons. The molecule has 0 bridgehead atoms. The van der Waals surface area contributed by atoms with Crippen LogP contribution < -0.4 is 10.2 Å². The van der Waals surface area contributed by atoms with Crippen molar-refractivity contribution in [3.63, 3.8) is 0 Å². The summed E-state index contributed by atoms with van der Waals surface area (Å²) in [7, 11) is 3.40. The van der Waals surface area contributed by atoms with Crippen molar-refractivity contribution in [2.45, 2.75) is 26.3 Å².